The highest BCUT2D eigenvalue weighted by Gasteiger charge is 2.45. The van der Waals surface area contributed by atoms with Crippen LogP contribution >= 0.6 is 0 Å². The van der Waals surface area contributed by atoms with Crippen LogP contribution in [0.25, 0.3) is 0 Å². The Balaban J connectivity index is 2.90. The number of carbonyl (C=O) groups is 2. The third kappa shape index (κ3) is 4.76. The van der Waals surface area contributed by atoms with Crippen LogP contribution in [0.5, 0.6) is 0 Å². The van der Waals surface area contributed by atoms with E-state index in [-0.39, 0.29) is 19.3 Å². The molecule has 1 aliphatic rings. The van der Waals surface area contributed by atoms with Gasteiger partial charge in [-0.15, -0.1) is 0 Å². The van der Waals surface area contributed by atoms with Crippen LogP contribution in [0.2, 0.25) is 0 Å². The van der Waals surface area contributed by atoms with Crippen molar-refractivity contribution in [3.05, 3.63) is 0 Å². The normalized spacial score (nSPS) is 22.8. The van der Waals surface area contributed by atoms with E-state index in [2.05, 4.69) is 0 Å². The zero-order chi connectivity index (χ0) is 15.2. The van der Waals surface area contributed by atoms with E-state index in [0.717, 1.165) is 0 Å². The van der Waals surface area contributed by atoms with Crippen LogP contribution in [0.15, 0.2) is 0 Å². The third-order valence-electron chi connectivity index (χ3n) is 3.57. The zero-order valence-corrected chi connectivity index (χ0v) is 12.1. The lowest BCUT2D eigenvalue weighted by atomic mass is 9.94. The monoisotopic (exact) mass is 288 g/mol. The van der Waals surface area contributed by atoms with E-state index in [1.54, 1.807) is 6.92 Å². The maximum absolute atomic E-state index is 11.7. The van der Waals surface area contributed by atoms with Gasteiger partial charge in [0.15, 0.2) is 0 Å². The number of hydrogen-bond donors (Lipinski definition) is 2. The van der Waals surface area contributed by atoms with Gasteiger partial charge in [0.25, 0.3) is 0 Å². The minimum absolute atomic E-state index is 0.145. The molecular formula is C14H24O6. The summed E-state index contributed by atoms with van der Waals surface area (Å²) in [6.45, 7) is 3.59. The lowest BCUT2D eigenvalue weighted by Gasteiger charge is -2.34. The first-order valence-electron chi connectivity index (χ1n) is 7.25. The zero-order valence-electron chi connectivity index (χ0n) is 12.1. The van der Waals surface area contributed by atoms with Gasteiger partial charge in [-0.2, -0.15) is 0 Å². The van der Waals surface area contributed by atoms with Gasteiger partial charge in [0, 0.05) is 12.8 Å². The molecule has 0 aromatic heterocycles. The smallest absolute Gasteiger partial charge is 0.376 e. The molecule has 0 aromatic carbocycles. The Morgan fingerprint density at radius 2 is 1.60 bits per heavy atom. The molecule has 2 unspecified atom stereocenters. The molecule has 116 valence electrons. The van der Waals surface area contributed by atoms with Crippen LogP contribution in [0, 0.1) is 5.92 Å². The Bertz CT molecular complexity index is 321. The number of cyclic esters (lactones) is 2. The highest BCUT2D eigenvalue weighted by atomic mass is 16.8. The number of rotatable bonds is 5. The molecule has 1 aliphatic heterocycles. The van der Waals surface area contributed by atoms with Crippen molar-refractivity contribution in [1.82, 2.24) is 0 Å². The Kier molecular flexibility index (Phi) is 6.42. The molecule has 20 heavy (non-hydrogen) atoms. The van der Waals surface area contributed by atoms with Gasteiger partial charge in [0.05, 0.1) is 12.0 Å². The van der Waals surface area contributed by atoms with E-state index in [0.29, 0.717) is 25.7 Å². The van der Waals surface area contributed by atoms with Gasteiger partial charge < -0.3 is 19.7 Å². The Hall–Kier alpha value is -1.14. The Labute approximate surface area is 119 Å². The lowest BCUT2D eigenvalue weighted by molar-refractivity contribution is -0.352. The van der Waals surface area contributed by atoms with Crippen molar-refractivity contribution in [2.45, 2.75) is 70.9 Å². The number of hydrogen-bond acceptors (Lipinski definition) is 6. The topological polar surface area (TPSA) is 93.1 Å². The van der Waals surface area contributed by atoms with Gasteiger partial charge in [-0.25, -0.2) is 0 Å². The van der Waals surface area contributed by atoms with Crippen LogP contribution in [-0.2, 0) is 19.1 Å². The molecule has 0 saturated carbocycles. The van der Waals surface area contributed by atoms with E-state index in [1.165, 1.54) is 0 Å². The molecule has 0 aliphatic carbocycles. The molecule has 1 heterocycles. The van der Waals surface area contributed by atoms with E-state index in [9.17, 15) is 19.8 Å². The first-order valence-corrected chi connectivity index (χ1v) is 7.25. The van der Waals surface area contributed by atoms with Gasteiger partial charge in [-0.05, 0) is 32.1 Å². The number of aliphatic hydroxyl groups is 2. The molecule has 0 amide bonds. The molecule has 0 spiro atoms. The predicted molar refractivity (Wildman–Crippen MR) is 70.3 cm³/mol. The fourth-order valence-corrected chi connectivity index (χ4v) is 2.22. The average molecular weight is 288 g/mol. The average Bonchev–Trinajstić information content (AvgIpc) is 2.45. The van der Waals surface area contributed by atoms with E-state index in [4.69, 9.17) is 9.47 Å². The number of esters is 2. The molecule has 1 saturated heterocycles. The maximum Gasteiger partial charge on any atom is 0.376 e. The summed E-state index contributed by atoms with van der Waals surface area (Å²) in [5.41, 5.74) is 0. The van der Waals surface area contributed by atoms with Crippen molar-refractivity contribution in [2.24, 2.45) is 5.92 Å². The minimum atomic E-state index is -2.27. The highest BCUT2D eigenvalue weighted by molar-refractivity contribution is 5.72. The van der Waals surface area contributed by atoms with Crippen LogP contribution in [0.3, 0.4) is 0 Å². The SMILES string of the molecule is CCC(O)CC(CC)C1(O)OC(=O)CCCCC(=O)O1. The maximum atomic E-state index is 11.7. The third-order valence-corrected chi connectivity index (χ3v) is 3.57. The molecule has 2 N–H and O–H groups in total. The largest absolute Gasteiger partial charge is 0.398 e. The fourth-order valence-electron chi connectivity index (χ4n) is 2.22. The van der Waals surface area contributed by atoms with E-state index in [1.807, 2.05) is 6.92 Å². The van der Waals surface area contributed by atoms with Crippen LogP contribution < -0.4 is 0 Å². The molecule has 6 heteroatoms. The standard InChI is InChI=1S/C14H24O6/c1-3-10(9-11(15)4-2)14(18)19-12(16)7-5-6-8-13(17)20-14/h10-11,15,18H,3-9H2,1-2H3. The Morgan fingerprint density at radius 1 is 1.10 bits per heavy atom. The van der Waals surface area contributed by atoms with Gasteiger partial charge in [-0.3, -0.25) is 9.59 Å². The number of carbonyl (C=O) groups excluding carboxylic acids is 2. The molecule has 0 bridgehead atoms. The first kappa shape index (κ1) is 16.9. The van der Waals surface area contributed by atoms with Crippen molar-refractivity contribution < 1.29 is 29.3 Å². The van der Waals surface area contributed by atoms with Crippen molar-refractivity contribution in [3.8, 4) is 0 Å². The van der Waals surface area contributed by atoms with Crippen LogP contribution in [0.1, 0.15) is 58.8 Å². The van der Waals surface area contributed by atoms with Gasteiger partial charge in [0.2, 0.25) is 0 Å². The van der Waals surface area contributed by atoms with Crippen molar-refractivity contribution in [2.75, 3.05) is 0 Å². The molecule has 0 aromatic rings. The number of ether oxygens (including phenoxy) is 2. The Morgan fingerprint density at radius 3 is 2.00 bits per heavy atom. The van der Waals surface area contributed by atoms with Gasteiger partial charge in [-0.1, -0.05) is 13.8 Å². The predicted octanol–water partition coefficient (Wildman–Crippen LogP) is 1.48. The number of aliphatic hydroxyl groups excluding tert-OH is 1. The second-order valence-corrected chi connectivity index (χ2v) is 5.19. The van der Waals surface area contributed by atoms with Crippen LogP contribution in [-0.4, -0.2) is 34.2 Å². The summed E-state index contributed by atoms with van der Waals surface area (Å²) >= 11 is 0. The summed E-state index contributed by atoms with van der Waals surface area (Å²) < 4.78 is 9.98. The van der Waals surface area contributed by atoms with Crippen LogP contribution in [0.4, 0.5) is 0 Å². The molecular weight excluding hydrogens is 264 g/mol. The highest BCUT2D eigenvalue weighted by Crippen LogP contribution is 2.31. The molecule has 1 fully saturated rings. The summed E-state index contributed by atoms with van der Waals surface area (Å²) in [5.74, 6) is -4.11. The van der Waals surface area contributed by atoms with Crippen molar-refractivity contribution in [3.63, 3.8) is 0 Å². The minimum Gasteiger partial charge on any atom is -0.398 e. The second-order valence-electron chi connectivity index (χ2n) is 5.19. The summed E-state index contributed by atoms with van der Waals surface area (Å²) in [5, 5.41) is 20.2. The van der Waals surface area contributed by atoms with E-state index < -0.39 is 29.9 Å². The lowest BCUT2D eigenvalue weighted by Crippen LogP contribution is -2.47. The summed E-state index contributed by atoms with van der Waals surface area (Å²) in [7, 11) is 0. The molecule has 1 rings (SSSR count). The van der Waals surface area contributed by atoms with Crippen molar-refractivity contribution >= 4 is 11.9 Å². The quantitative estimate of drug-likeness (QED) is 0.744. The molecule has 0 radical (unpaired) electrons. The van der Waals surface area contributed by atoms with E-state index >= 15 is 0 Å². The molecule has 6 nitrogen and oxygen atoms in total. The summed E-state index contributed by atoms with van der Waals surface area (Å²) in [4.78, 5) is 23.3. The fraction of sp³-hybridized carbons (Fsp3) is 0.857. The second kappa shape index (κ2) is 7.59. The van der Waals surface area contributed by atoms with Crippen molar-refractivity contribution in [1.29, 1.82) is 0 Å². The summed E-state index contributed by atoms with van der Waals surface area (Å²) in [6.07, 6.45) is 1.81. The first-order chi connectivity index (χ1) is 9.41. The molecule has 2 atom stereocenters. The van der Waals surface area contributed by atoms with Gasteiger partial charge >= 0.3 is 17.9 Å². The summed E-state index contributed by atoms with van der Waals surface area (Å²) in [6, 6.07) is 0. The van der Waals surface area contributed by atoms with Gasteiger partial charge in [0.1, 0.15) is 0 Å².